The van der Waals surface area contributed by atoms with Crippen LogP contribution in [0.2, 0.25) is 0 Å². The van der Waals surface area contributed by atoms with Gasteiger partial charge in [-0.15, -0.1) is 0 Å². The minimum absolute atomic E-state index is 0.0129. The fourth-order valence-electron chi connectivity index (χ4n) is 1.39. The molecule has 1 heterocycles. The SMILES string of the molecule is Cc1c(S(=O)(=O)NCCNC(N)=O)c(N)nn1C. The maximum absolute atomic E-state index is 11.9. The third-order valence-corrected chi connectivity index (χ3v) is 3.92. The van der Waals surface area contributed by atoms with E-state index >= 15 is 0 Å². The Morgan fingerprint density at radius 3 is 2.50 bits per heavy atom. The normalized spacial score (nSPS) is 11.4. The molecule has 0 saturated heterocycles. The molecular weight excluding hydrogens is 260 g/mol. The molecule has 0 saturated carbocycles. The van der Waals surface area contributed by atoms with Crippen molar-refractivity contribution in [1.29, 1.82) is 0 Å². The number of nitrogen functional groups attached to an aromatic ring is 1. The Morgan fingerprint density at radius 1 is 1.44 bits per heavy atom. The Labute approximate surface area is 105 Å². The zero-order valence-electron chi connectivity index (χ0n) is 10.1. The first-order chi connectivity index (χ1) is 8.25. The number of primary amides is 1. The van der Waals surface area contributed by atoms with Crippen LogP contribution in [0.15, 0.2) is 4.90 Å². The summed E-state index contributed by atoms with van der Waals surface area (Å²) in [6, 6.07) is -0.716. The highest BCUT2D eigenvalue weighted by atomic mass is 32.2. The van der Waals surface area contributed by atoms with Gasteiger partial charge in [-0.05, 0) is 6.92 Å². The average molecular weight is 276 g/mol. The van der Waals surface area contributed by atoms with Gasteiger partial charge in [0.25, 0.3) is 0 Å². The van der Waals surface area contributed by atoms with Crippen molar-refractivity contribution in [2.45, 2.75) is 11.8 Å². The zero-order valence-corrected chi connectivity index (χ0v) is 10.9. The number of anilines is 1. The number of rotatable bonds is 5. The van der Waals surface area contributed by atoms with E-state index in [9.17, 15) is 13.2 Å². The molecule has 1 rings (SSSR count). The summed E-state index contributed by atoms with van der Waals surface area (Å²) in [5.74, 6) is -0.0645. The average Bonchev–Trinajstić information content (AvgIpc) is 2.48. The van der Waals surface area contributed by atoms with Crippen LogP contribution in [0, 0.1) is 6.92 Å². The Hall–Kier alpha value is -1.81. The number of sulfonamides is 1. The molecule has 2 amide bonds. The van der Waals surface area contributed by atoms with Crippen LogP contribution in [0.5, 0.6) is 0 Å². The monoisotopic (exact) mass is 276 g/mol. The van der Waals surface area contributed by atoms with Gasteiger partial charge in [-0.1, -0.05) is 0 Å². The van der Waals surface area contributed by atoms with Gasteiger partial charge in [0.2, 0.25) is 10.0 Å². The summed E-state index contributed by atoms with van der Waals surface area (Å²) in [4.78, 5) is 10.4. The fraction of sp³-hybridized carbons (Fsp3) is 0.500. The second-order valence-electron chi connectivity index (χ2n) is 3.61. The summed E-state index contributed by atoms with van der Waals surface area (Å²) in [5.41, 5.74) is 10.8. The standard InChI is InChI=1S/C8H16N6O3S/c1-5-6(7(9)13-14(5)2)18(16,17)12-4-3-11-8(10)15/h12H,3-4H2,1-2H3,(H2,9,13)(H3,10,11,15). The van der Waals surface area contributed by atoms with Gasteiger partial charge in [0, 0.05) is 20.1 Å². The van der Waals surface area contributed by atoms with Crippen LogP contribution in [-0.4, -0.2) is 37.3 Å². The summed E-state index contributed by atoms with van der Waals surface area (Å²) in [5, 5.41) is 6.08. The van der Waals surface area contributed by atoms with Crippen molar-refractivity contribution < 1.29 is 13.2 Å². The van der Waals surface area contributed by atoms with E-state index in [2.05, 4.69) is 15.1 Å². The van der Waals surface area contributed by atoms with E-state index in [4.69, 9.17) is 11.5 Å². The zero-order chi connectivity index (χ0) is 13.9. The van der Waals surface area contributed by atoms with Gasteiger partial charge in [-0.3, -0.25) is 4.68 Å². The molecule has 102 valence electrons. The van der Waals surface area contributed by atoms with E-state index in [0.29, 0.717) is 5.69 Å². The molecule has 10 heteroatoms. The number of amides is 2. The van der Waals surface area contributed by atoms with Gasteiger partial charge >= 0.3 is 6.03 Å². The number of hydrogen-bond acceptors (Lipinski definition) is 5. The van der Waals surface area contributed by atoms with Crippen molar-refractivity contribution in [3.8, 4) is 0 Å². The van der Waals surface area contributed by atoms with E-state index in [-0.39, 0.29) is 23.8 Å². The Kier molecular flexibility index (Phi) is 4.14. The number of aryl methyl sites for hydroxylation is 1. The number of aromatic nitrogens is 2. The van der Waals surface area contributed by atoms with Crippen molar-refractivity contribution in [1.82, 2.24) is 19.8 Å². The predicted octanol–water partition coefficient (Wildman–Crippen LogP) is -1.74. The van der Waals surface area contributed by atoms with Gasteiger partial charge in [-0.25, -0.2) is 17.9 Å². The number of hydrogen-bond donors (Lipinski definition) is 4. The van der Waals surface area contributed by atoms with E-state index in [1.165, 1.54) is 4.68 Å². The van der Waals surface area contributed by atoms with Gasteiger partial charge in [0.05, 0.1) is 5.69 Å². The van der Waals surface area contributed by atoms with Crippen LogP contribution in [-0.2, 0) is 17.1 Å². The molecule has 0 radical (unpaired) electrons. The molecular formula is C8H16N6O3S. The lowest BCUT2D eigenvalue weighted by atomic mass is 10.5. The van der Waals surface area contributed by atoms with E-state index < -0.39 is 16.1 Å². The molecule has 0 aromatic carbocycles. The molecule has 1 aromatic heterocycles. The van der Waals surface area contributed by atoms with Crippen LogP contribution < -0.4 is 21.5 Å². The van der Waals surface area contributed by atoms with Crippen LogP contribution >= 0.6 is 0 Å². The van der Waals surface area contributed by atoms with E-state index in [1.54, 1.807) is 14.0 Å². The lowest BCUT2D eigenvalue weighted by molar-refractivity contribution is 0.249. The molecule has 0 atom stereocenters. The molecule has 0 unspecified atom stereocenters. The Bertz CT molecular complexity index is 549. The fourth-order valence-corrected chi connectivity index (χ4v) is 2.74. The van der Waals surface area contributed by atoms with Crippen LogP contribution in [0.3, 0.4) is 0 Å². The van der Waals surface area contributed by atoms with Crippen molar-refractivity contribution in [3.05, 3.63) is 5.69 Å². The van der Waals surface area contributed by atoms with Crippen molar-refractivity contribution in [3.63, 3.8) is 0 Å². The number of nitrogens with one attached hydrogen (secondary N) is 2. The maximum Gasteiger partial charge on any atom is 0.312 e. The van der Waals surface area contributed by atoms with Crippen LogP contribution in [0.25, 0.3) is 0 Å². The van der Waals surface area contributed by atoms with Crippen LogP contribution in [0.1, 0.15) is 5.69 Å². The smallest absolute Gasteiger partial charge is 0.312 e. The number of nitrogens with zero attached hydrogens (tertiary/aromatic N) is 2. The summed E-state index contributed by atoms with van der Waals surface area (Å²) in [6.07, 6.45) is 0. The Morgan fingerprint density at radius 2 is 2.06 bits per heavy atom. The van der Waals surface area contributed by atoms with Crippen molar-refractivity contribution >= 4 is 21.9 Å². The second-order valence-corrected chi connectivity index (χ2v) is 5.32. The minimum Gasteiger partial charge on any atom is -0.381 e. The Balaban J connectivity index is 2.78. The number of carbonyl (C=O) groups is 1. The van der Waals surface area contributed by atoms with Gasteiger partial charge < -0.3 is 16.8 Å². The first kappa shape index (κ1) is 14.3. The molecule has 0 spiro atoms. The maximum atomic E-state index is 11.9. The largest absolute Gasteiger partial charge is 0.381 e. The molecule has 6 N–H and O–H groups in total. The summed E-state index contributed by atoms with van der Waals surface area (Å²) in [6.45, 7) is 1.70. The lowest BCUT2D eigenvalue weighted by Crippen LogP contribution is -2.37. The predicted molar refractivity (Wildman–Crippen MR) is 65.1 cm³/mol. The topological polar surface area (TPSA) is 145 Å². The van der Waals surface area contributed by atoms with Crippen molar-refractivity contribution in [2.24, 2.45) is 12.8 Å². The number of nitrogens with two attached hydrogens (primary N) is 2. The summed E-state index contributed by atoms with van der Waals surface area (Å²) >= 11 is 0. The molecule has 0 aliphatic rings. The summed E-state index contributed by atoms with van der Waals surface area (Å²) < 4.78 is 27.6. The molecule has 18 heavy (non-hydrogen) atoms. The molecule has 0 aliphatic heterocycles. The second kappa shape index (κ2) is 5.23. The number of carbonyl (C=O) groups excluding carboxylic acids is 1. The molecule has 0 aliphatic carbocycles. The molecule has 0 fully saturated rings. The first-order valence-electron chi connectivity index (χ1n) is 5.07. The molecule has 1 aromatic rings. The van der Waals surface area contributed by atoms with Gasteiger partial charge in [0.1, 0.15) is 4.90 Å². The third kappa shape index (κ3) is 3.11. The third-order valence-electron chi connectivity index (χ3n) is 2.29. The van der Waals surface area contributed by atoms with Gasteiger partial charge in [-0.2, -0.15) is 5.10 Å². The quantitative estimate of drug-likeness (QED) is 0.471. The minimum atomic E-state index is -3.75. The van der Waals surface area contributed by atoms with Crippen LogP contribution in [0.4, 0.5) is 10.6 Å². The number of urea groups is 1. The molecule has 9 nitrogen and oxygen atoms in total. The van der Waals surface area contributed by atoms with E-state index in [1.807, 2.05) is 0 Å². The van der Waals surface area contributed by atoms with Crippen molar-refractivity contribution in [2.75, 3.05) is 18.8 Å². The van der Waals surface area contributed by atoms with E-state index in [0.717, 1.165) is 0 Å². The summed E-state index contributed by atoms with van der Waals surface area (Å²) in [7, 11) is -2.15. The molecule has 0 bridgehead atoms. The highest BCUT2D eigenvalue weighted by Crippen LogP contribution is 2.20. The first-order valence-corrected chi connectivity index (χ1v) is 6.56. The lowest BCUT2D eigenvalue weighted by Gasteiger charge is -2.07. The highest BCUT2D eigenvalue weighted by Gasteiger charge is 2.23. The van der Waals surface area contributed by atoms with Gasteiger partial charge in [0.15, 0.2) is 5.82 Å². The highest BCUT2D eigenvalue weighted by molar-refractivity contribution is 7.89.